The number of nitrogens with zero attached hydrogens (tertiary/aromatic N) is 2. The van der Waals surface area contributed by atoms with Gasteiger partial charge in [-0.2, -0.15) is 0 Å². The van der Waals surface area contributed by atoms with Gasteiger partial charge in [-0.05, 0) is 12.8 Å². The molecule has 0 saturated heterocycles. The first-order valence-electron chi connectivity index (χ1n) is 7.07. The highest BCUT2D eigenvalue weighted by Crippen LogP contribution is 2.42. The maximum atomic E-state index is 4.87. The molecule has 1 aromatic carbocycles. The second kappa shape index (κ2) is 4.42. The number of hydrogen-bond acceptors (Lipinski definition) is 3. The lowest BCUT2D eigenvalue weighted by molar-refractivity contribution is 0.617. The van der Waals surface area contributed by atoms with Gasteiger partial charge in [0.05, 0.1) is 11.4 Å². The van der Waals surface area contributed by atoms with Crippen LogP contribution in [0.5, 0.6) is 0 Å². The van der Waals surface area contributed by atoms with Gasteiger partial charge in [-0.25, -0.2) is 9.97 Å². The van der Waals surface area contributed by atoms with Gasteiger partial charge in [0.1, 0.15) is 0 Å². The van der Waals surface area contributed by atoms with Crippen LogP contribution < -0.4 is 5.32 Å². The van der Waals surface area contributed by atoms with Gasteiger partial charge in [-0.15, -0.1) is 0 Å². The van der Waals surface area contributed by atoms with Crippen LogP contribution in [0.3, 0.4) is 0 Å². The van der Waals surface area contributed by atoms with Gasteiger partial charge in [0, 0.05) is 36.6 Å². The average Bonchev–Trinajstić information content (AvgIpc) is 3.32. The molecule has 2 heterocycles. The Bertz CT molecular complexity index is 603. The minimum Gasteiger partial charge on any atom is -0.312 e. The molecule has 1 fully saturated rings. The van der Waals surface area contributed by atoms with Crippen LogP contribution in [0.4, 0.5) is 0 Å². The third-order valence-electron chi connectivity index (χ3n) is 3.96. The smallest absolute Gasteiger partial charge is 0.159 e. The third kappa shape index (κ3) is 2.04. The first-order chi connectivity index (χ1) is 9.42. The molecule has 1 aliphatic carbocycles. The van der Waals surface area contributed by atoms with Gasteiger partial charge in [0.25, 0.3) is 0 Å². The first-order valence-corrected chi connectivity index (χ1v) is 7.07. The van der Waals surface area contributed by atoms with Crippen LogP contribution in [0.25, 0.3) is 11.4 Å². The average molecular weight is 251 g/mol. The molecule has 0 radical (unpaired) electrons. The molecule has 0 atom stereocenters. The number of rotatable bonds is 2. The summed E-state index contributed by atoms with van der Waals surface area (Å²) in [6.07, 6.45) is 3.60. The quantitative estimate of drug-likeness (QED) is 0.891. The van der Waals surface area contributed by atoms with Gasteiger partial charge in [-0.3, -0.25) is 0 Å². The van der Waals surface area contributed by atoms with Crippen molar-refractivity contribution in [1.29, 1.82) is 0 Å². The molecule has 0 bridgehead atoms. The van der Waals surface area contributed by atoms with Crippen LogP contribution in [0.2, 0.25) is 0 Å². The lowest BCUT2D eigenvalue weighted by Gasteiger charge is -2.20. The highest BCUT2D eigenvalue weighted by Gasteiger charge is 2.30. The minimum atomic E-state index is 0.680. The fourth-order valence-electron chi connectivity index (χ4n) is 2.78. The van der Waals surface area contributed by atoms with Crippen molar-refractivity contribution in [3.8, 4) is 11.4 Å². The second-order valence-corrected chi connectivity index (χ2v) is 5.42. The summed E-state index contributed by atoms with van der Waals surface area (Å²) in [5.74, 6) is 1.59. The summed E-state index contributed by atoms with van der Waals surface area (Å²) >= 11 is 0. The van der Waals surface area contributed by atoms with Crippen LogP contribution in [0.1, 0.15) is 35.7 Å². The lowest BCUT2D eigenvalue weighted by Crippen LogP contribution is -2.26. The molecule has 4 rings (SSSR count). The predicted molar refractivity (Wildman–Crippen MR) is 74.9 cm³/mol. The normalized spacial score (nSPS) is 18.1. The highest BCUT2D eigenvalue weighted by atomic mass is 15.0. The Morgan fingerprint density at radius 3 is 2.68 bits per heavy atom. The second-order valence-electron chi connectivity index (χ2n) is 5.42. The summed E-state index contributed by atoms with van der Waals surface area (Å²) in [5, 5.41) is 3.44. The zero-order valence-corrected chi connectivity index (χ0v) is 10.9. The van der Waals surface area contributed by atoms with Crippen molar-refractivity contribution in [2.75, 3.05) is 6.54 Å². The summed E-state index contributed by atoms with van der Waals surface area (Å²) in [7, 11) is 0. The number of nitrogens with one attached hydrogen (secondary N) is 1. The van der Waals surface area contributed by atoms with Crippen molar-refractivity contribution in [1.82, 2.24) is 15.3 Å². The van der Waals surface area contributed by atoms with E-state index in [0.29, 0.717) is 5.92 Å². The third-order valence-corrected chi connectivity index (χ3v) is 3.96. The van der Waals surface area contributed by atoms with Gasteiger partial charge in [0.2, 0.25) is 0 Å². The molecule has 1 N–H and O–H groups in total. The number of benzene rings is 1. The Morgan fingerprint density at radius 1 is 1.05 bits per heavy atom. The first kappa shape index (κ1) is 11.1. The predicted octanol–water partition coefficient (Wildman–Crippen LogP) is 2.67. The molecule has 0 amide bonds. The van der Waals surface area contributed by atoms with Crippen LogP contribution in [0.15, 0.2) is 30.3 Å². The van der Waals surface area contributed by atoms with E-state index in [0.717, 1.165) is 30.9 Å². The summed E-state index contributed by atoms with van der Waals surface area (Å²) in [6.45, 7) is 1.97. The van der Waals surface area contributed by atoms with E-state index in [1.807, 2.05) is 6.07 Å². The van der Waals surface area contributed by atoms with E-state index < -0.39 is 0 Å². The van der Waals surface area contributed by atoms with Crippen LogP contribution in [0, 0.1) is 0 Å². The summed E-state index contributed by atoms with van der Waals surface area (Å²) in [4.78, 5) is 9.67. The molecular weight excluding hydrogens is 234 g/mol. The fraction of sp³-hybridized carbons (Fsp3) is 0.375. The van der Waals surface area contributed by atoms with E-state index in [2.05, 4.69) is 29.6 Å². The Balaban J connectivity index is 1.86. The van der Waals surface area contributed by atoms with Crippen LogP contribution in [-0.4, -0.2) is 16.5 Å². The Kier molecular flexibility index (Phi) is 2.59. The molecule has 1 aliphatic heterocycles. The Labute approximate surface area is 113 Å². The van der Waals surface area contributed by atoms with Crippen LogP contribution >= 0.6 is 0 Å². The molecular formula is C16H17N3. The van der Waals surface area contributed by atoms with Crippen molar-refractivity contribution in [2.45, 2.75) is 31.7 Å². The van der Waals surface area contributed by atoms with E-state index in [1.165, 1.54) is 29.8 Å². The number of aromatic nitrogens is 2. The van der Waals surface area contributed by atoms with Gasteiger partial charge >= 0.3 is 0 Å². The maximum absolute atomic E-state index is 4.87. The Hall–Kier alpha value is -1.74. The summed E-state index contributed by atoms with van der Waals surface area (Å²) in [5.41, 5.74) is 5.06. The van der Waals surface area contributed by atoms with E-state index in [4.69, 9.17) is 9.97 Å². The van der Waals surface area contributed by atoms with Crippen molar-refractivity contribution >= 4 is 0 Å². The summed E-state index contributed by atoms with van der Waals surface area (Å²) < 4.78 is 0. The van der Waals surface area contributed by atoms with Crippen molar-refractivity contribution in [2.24, 2.45) is 0 Å². The monoisotopic (exact) mass is 251 g/mol. The minimum absolute atomic E-state index is 0.680. The van der Waals surface area contributed by atoms with E-state index in [-0.39, 0.29) is 0 Å². The summed E-state index contributed by atoms with van der Waals surface area (Å²) in [6, 6.07) is 10.3. The fourth-order valence-corrected chi connectivity index (χ4v) is 2.78. The van der Waals surface area contributed by atoms with Gasteiger partial charge in [0.15, 0.2) is 5.82 Å². The lowest BCUT2D eigenvalue weighted by atomic mass is 10.0. The van der Waals surface area contributed by atoms with Crippen LogP contribution in [-0.2, 0) is 13.0 Å². The van der Waals surface area contributed by atoms with Gasteiger partial charge < -0.3 is 5.32 Å². The largest absolute Gasteiger partial charge is 0.312 e. The molecule has 96 valence electrons. The molecule has 2 aromatic rings. The molecule has 19 heavy (non-hydrogen) atoms. The van der Waals surface area contributed by atoms with E-state index >= 15 is 0 Å². The van der Waals surface area contributed by atoms with Crippen molar-refractivity contribution in [3.05, 3.63) is 47.3 Å². The number of fused-ring (bicyclic) bond motifs is 1. The SMILES string of the molecule is c1ccc(-c2nc3c(c(C4CC4)n2)CNCC3)cc1. The molecule has 1 saturated carbocycles. The van der Waals surface area contributed by atoms with Crippen molar-refractivity contribution in [3.63, 3.8) is 0 Å². The highest BCUT2D eigenvalue weighted by molar-refractivity contribution is 5.56. The topological polar surface area (TPSA) is 37.8 Å². The zero-order valence-electron chi connectivity index (χ0n) is 10.9. The number of hydrogen-bond donors (Lipinski definition) is 1. The maximum Gasteiger partial charge on any atom is 0.159 e. The standard InChI is InChI=1S/C16H17N3/c1-2-4-12(5-3-1)16-18-14-8-9-17-10-13(14)15(19-16)11-6-7-11/h1-5,11,17H,6-10H2. The molecule has 3 nitrogen and oxygen atoms in total. The Morgan fingerprint density at radius 2 is 1.89 bits per heavy atom. The van der Waals surface area contributed by atoms with E-state index in [1.54, 1.807) is 0 Å². The van der Waals surface area contributed by atoms with Gasteiger partial charge in [-0.1, -0.05) is 30.3 Å². The molecule has 1 aromatic heterocycles. The zero-order chi connectivity index (χ0) is 12.7. The molecule has 0 spiro atoms. The molecule has 0 unspecified atom stereocenters. The molecule has 2 aliphatic rings. The van der Waals surface area contributed by atoms with E-state index in [9.17, 15) is 0 Å². The van der Waals surface area contributed by atoms with Crippen molar-refractivity contribution < 1.29 is 0 Å². The molecule has 3 heteroatoms.